The molecule has 0 aromatic carbocycles. The molecule has 0 bridgehead atoms. The van der Waals surface area contributed by atoms with Crippen molar-refractivity contribution in [2.24, 2.45) is 5.73 Å². The fourth-order valence-electron chi connectivity index (χ4n) is 1.07. The molecule has 0 atom stereocenters. The quantitative estimate of drug-likeness (QED) is 0.434. The Bertz CT molecular complexity index is 369. The first-order chi connectivity index (χ1) is 6.54. The summed E-state index contributed by atoms with van der Waals surface area (Å²) >= 11 is 0. The minimum Gasteiger partial charge on any atom is -0.358 e. The lowest BCUT2D eigenvalue weighted by molar-refractivity contribution is -0.390. The Labute approximate surface area is 81.2 Å². The second kappa shape index (κ2) is 4.01. The monoisotopic (exact) mass is 196 g/mol. The Morgan fingerprint density at radius 2 is 2.50 bits per heavy atom. The van der Waals surface area contributed by atoms with Crippen molar-refractivity contribution in [2.45, 2.75) is 13.5 Å². The molecule has 0 saturated carbocycles. The van der Waals surface area contributed by atoms with E-state index >= 15 is 0 Å². The number of aryl methyl sites for hydroxylation is 1. The summed E-state index contributed by atoms with van der Waals surface area (Å²) in [7, 11) is 0. The average Bonchev–Trinajstić information content (AvgIpc) is 2.46. The molecule has 1 rings (SSSR count). The van der Waals surface area contributed by atoms with E-state index in [0.717, 1.165) is 5.57 Å². The van der Waals surface area contributed by atoms with Crippen LogP contribution in [0.1, 0.15) is 5.56 Å². The molecule has 0 radical (unpaired) electrons. The largest absolute Gasteiger partial charge is 0.392 e. The molecule has 0 unspecified atom stereocenters. The summed E-state index contributed by atoms with van der Waals surface area (Å²) < 4.78 is 1.47. The van der Waals surface area contributed by atoms with Crippen molar-refractivity contribution in [3.63, 3.8) is 0 Å². The Kier molecular flexibility index (Phi) is 2.98. The maximum absolute atomic E-state index is 10.5. The third-order valence-electron chi connectivity index (χ3n) is 1.77. The van der Waals surface area contributed by atoms with Crippen LogP contribution in [0.15, 0.2) is 18.3 Å². The fraction of sp³-hybridized carbons (Fsp3) is 0.375. The van der Waals surface area contributed by atoms with Crippen LogP contribution in [-0.4, -0.2) is 21.2 Å². The molecule has 0 aliphatic carbocycles. The SMILES string of the molecule is C=C(CN)Cn1cc(C)c([N+](=O)[O-])n1. The minimum atomic E-state index is -0.503. The summed E-state index contributed by atoms with van der Waals surface area (Å²) in [5, 5.41) is 14.3. The van der Waals surface area contributed by atoms with Gasteiger partial charge < -0.3 is 15.8 Å². The first-order valence-electron chi connectivity index (χ1n) is 4.09. The molecule has 14 heavy (non-hydrogen) atoms. The van der Waals surface area contributed by atoms with Crippen LogP contribution in [0.4, 0.5) is 5.82 Å². The van der Waals surface area contributed by atoms with Gasteiger partial charge in [-0.25, -0.2) is 0 Å². The zero-order chi connectivity index (χ0) is 10.7. The van der Waals surface area contributed by atoms with E-state index in [1.54, 1.807) is 13.1 Å². The van der Waals surface area contributed by atoms with Gasteiger partial charge in [0.05, 0.1) is 23.4 Å². The number of aromatic nitrogens is 2. The summed E-state index contributed by atoms with van der Waals surface area (Å²) in [6, 6.07) is 0. The number of rotatable bonds is 4. The van der Waals surface area contributed by atoms with E-state index in [2.05, 4.69) is 11.7 Å². The van der Waals surface area contributed by atoms with Gasteiger partial charge in [-0.15, -0.1) is 0 Å². The third kappa shape index (κ3) is 2.17. The zero-order valence-electron chi connectivity index (χ0n) is 7.93. The van der Waals surface area contributed by atoms with Crippen LogP contribution in [0.25, 0.3) is 0 Å². The molecule has 6 heteroatoms. The van der Waals surface area contributed by atoms with Crippen LogP contribution >= 0.6 is 0 Å². The number of hydrogen-bond donors (Lipinski definition) is 1. The number of nitro groups is 1. The molecule has 0 aliphatic heterocycles. The predicted molar refractivity (Wildman–Crippen MR) is 51.8 cm³/mol. The van der Waals surface area contributed by atoms with Gasteiger partial charge in [0.15, 0.2) is 0 Å². The second-order valence-electron chi connectivity index (χ2n) is 3.04. The van der Waals surface area contributed by atoms with E-state index in [0.29, 0.717) is 18.7 Å². The van der Waals surface area contributed by atoms with Crippen LogP contribution < -0.4 is 5.73 Å². The van der Waals surface area contributed by atoms with Crippen molar-refractivity contribution in [3.8, 4) is 0 Å². The van der Waals surface area contributed by atoms with Gasteiger partial charge in [0.1, 0.15) is 0 Å². The molecule has 6 nitrogen and oxygen atoms in total. The van der Waals surface area contributed by atoms with Crippen molar-refractivity contribution in [1.29, 1.82) is 0 Å². The lowest BCUT2D eigenvalue weighted by Crippen LogP contribution is -2.09. The van der Waals surface area contributed by atoms with E-state index in [-0.39, 0.29) is 5.82 Å². The van der Waals surface area contributed by atoms with Gasteiger partial charge in [-0.1, -0.05) is 6.58 Å². The van der Waals surface area contributed by atoms with Gasteiger partial charge in [-0.3, -0.25) is 0 Å². The predicted octanol–water partition coefficient (Wildman–Crippen LogP) is 0.615. The Morgan fingerprint density at radius 3 is 2.93 bits per heavy atom. The Morgan fingerprint density at radius 1 is 1.86 bits per heavy atom. The van der Waals surface area contributed by atoms with Crippen LogP contribution in [0.2, 0.25) is 0 Å². The molecule has 1 aromatic rings. The molecule has 0 amide bonds. The summed E-state index contributed by atoms with van der Waals surface area (Å²) in [4.78, 5) is 9.97. The highest BCUT2D eigenvalue weighted by molar-refractivity contribution is 5.28. The summed E-state index contributed by atoms with van der Waals surface area (Å²) in [5.74, 6) is -0.116. The molecule has 76 valence electrons. The van der Waals surface area contributed by atoms with Gasteiger partial charge >= 0.3 is 5.82 Å². The number of hydrogen-bond acceptors (Lipinski definition) is 4. The van der Waals surface area contributed by atoms with Crippen molar-refractivity contribution in [3.05, 3.63) is 34.0 Å². The maximum atomic E-state index is 10.5. The Hall–Kier alpha value is -1.69. The normalized spacial score (nSPS) is 10.1. The van der Waals surface area contributed by atoms with Gasteiger partial charge in [-0.2, -0.15) is 4.68 Å². The second-order valence-corrected chi connectivity index (χ2v) is 3.04. The van der Waals surface area contributed by atoms with E-state index in [4.69, 9.17) is 5.73 Å². The van der Waals surface area contributed by atoms with Gasteiger partial charge in [-0.05, 0) is 17.4 Å². The van der Waals surface area contributed by atoms with E-state index in [1.165, 1.54) is 4.68 Å². The zero-order valence-corrected chi connectivity index (χ0v) is 7.93. The average molecular weight is 196 g/mol. The first-order valence-corrected chi connectivity index (χ1v) is 4.09. The van der Waals surface area contributed by atoms with E-state index in [9.17, 15) is 10.1 Å². The summed E-state index contributed by atoms with van der Waals surface area (Å²) in [6.07, 6.45) is 1.61. The smallest absolute Gasteiger partial charge is 0.358 e. The van der Waals surface area contributed by atoms with Crippen LogP contribution in [0.3, 0.4) is 0 Å². The highest BCUT2D eigenvalue weighted by Crippen LogP contribution is 2.14. The highest BCUT2D eigenvalue weighted by atomic mass is 16.6. The van der Waals surface area contributed by atoms with Crippen LogP contribution in [-0.2, 0) is 6.54 Å². The standard InChI is InChI=1S/C8H12N4O2/c1-6(3-9)4-11-5-7(2)8(10-11)12(13)14/h5H,1,3-4,9H2,2H3. The lowest BCUT2D eigenvalue weighted by Gasteiger charge is -1.97. The van der Waals surface area contributed by atoms with Crippen molar-refractivity contribution < 1.29 is 4.92 Å². The van der Waals surface area contributed by atoms with Crippen LogP contribution in [0.5, 0.6) is 0 Å². The Balaban J connectivity index is 2.86. The van der Waals surface area contributed by atoms with Gasteiger partial charge in [0.25, 0.3) is 0 Å². The first kappa shape index (κ1) is 10.4. The molecule has 0 spiro atoms. The number of nitrogens with two attached hydrogens (primary N) is 1. The maximum Gasteiger partial charge on any atom is 0.392 e. The van der Waals surface area contributed by atoms with Gasteiger partial charge in [0.2, 0.25) is 0 Å². The fourth-order valence-corrected chi connectivity index (χ4v) is 1.07. The third-order valence-corrected chi connectivity index (χ3v) is 1.77. The van der Waals surface area contributed by atoms with Gasteiger partial charge in [0, 0.05) is 6.54 Å². The van der Waals surface area contributed by atoms with Crippen molar-refractivity contribution >= 4 is 5.82 Å². The lowest BCUT2D eigenvalue weighted by atomic mass is 10.3. The highest BCUT2D eigenvalue weighted by Gasteiger charge is 2.16. The summed E-state index contributed by atoms with van der Waals surface area (Å²) in [6.45, 7) is 6.12. The molecule has 0 aliphatic rings. The van der Waals surface area contributed by atoms with E-state index < -0.39 is 4.92 Å². The van der Waals surface area contributed by atoms with Crippen molar-refractivity contribution in [2.75, 3.05) is 6.54 Å². The van der Waals surface area contributed by atoms with E-state index in [1.807, 2.05) is 0 Å². The molecule has 1 aromatic heterocycles. The van der Waals surface area contributed by atoms with Crippen molar-refractivity contribution in [1.82, 2.24) is 9.78 Å². The molecule has 0 fully saturated rings. The molecule has 1 heterocycles. The molecular weight excluding hydrogens is 184 g/mol. The van der Waals surface area contributed by atoms with Crippen LogP contribution in [0, 0.1) is 17.0 Å². The summed E-state index contributed by atoms with van der Waals surface area (Å²) in [5.41, 5.74) is 6.67. The topological polar surface area (TPSA) is 87.0 Å². The minimum absolute atomic E-state index is 0.116. The number of nitrogens with zero attached hydrogens (tertiary/aromatic N) is 3. The molecule has 2 N–H and O–H groups in total. The molecular formula is C8H12N4O2. The molecule has 0 saturated heterocycles.